The van der Waals surface area contributed by atoms with Crippen LogP contribution in [0.3, 0.4) is 0 Å². The second-order valence-corrected chi connectivity index (χ2v) is 3.48. The van der Waals surface area contributed by atoms with Crippen molar-refractivity contribution in [2.75, 3.05) is 7.05 Å². The lowest BCUT2D eigenvalue weighted by atomic mass is 10.1. The molecule has 68 valence electrons. The van der Waals surface area contributed by atoms with Gasteiger partial charge in [-0.15, -0.1) is 12.4 Å². The molecule has 0 aromatic heterocycles. The Balaban J connectivity index is 0.00000121. The minimum atomic E-state index is 0. The highest BCUT2D eigenvalue weighted by molar-refractivity contribution is 9.10. The van der Waals surface area contributed by atoms with E-state index >= 15 is 0 Å². The molecule has 1 unspecified atom stereocenters. The minimum absolute atomic E-state index is 0. The first-order valence-electron chi connectivity index (χ1n) is 3.67. The zero-order chi connectivity index (χ0) is 8.27. The van der Waals surface area contributed by atoms with Gasteiger partial charge in [-0.25, -0.2) is 0 Å². The number of benzene rings is 1. The molecule has 1 atom stereocenters. The van der Waals surface area contributed by atoms with Crippen LogP contribution in [0.5, 0.6) is 0 Å². The molecule has 0 aliphatic heterocycles. The van der Waals surface area contributed by atoms with Crippen LogP contribution < -0.4 is 5.32 Å². The van der Waals surface area contributed by atoms with Crippen LogP contribution in [0.4, 0.5) is 0 Å². The predicted molar refractivity (Wildman–Crippen MR) is 58.9 cm³/mol. The van der Waals surface area contributed by atoms with Gasteiger partial charge in [-0.3, -0.25) is 0 Å². The van der Waals surface area contributed by atoms with Crippen molar-refractivity contribution in [1.29, 1.82) is 0 Å². The summed E-state index contributed by atoms with van der Waals surface area (Å²) in [6.45, 7) is 2.14. The van der Waals surface area contributed by atoms with E-state index in [1.807, 2.05) is 19.2 Å². The van der Waals surface area contributed by atoms with E-state index in [9.17, 15) is 0 Å². The molecule has 1 aromatic rings. The highest BCUT2D eigenvalue weighted by atomic mass is 79.9. The zero-order valence-electron chi connectivity index (χ0n) is 7.17. The molecule has 1 nitrogen and oxygen atoms in total. The molecule has 3 heteroatoms. The van der Waals surface area contributed by atoms with Crippen molar-refractivity contribution in [2.24, 2.45) is 0 Å². The van der Waals surface area contributed by atoms with E-state index in [2.05, 4.69) is 40.3 Å². The molecule has 0 fully saturated rings. The van der Waals surface area contributed by atoms with Crippen molar-refractivity contribution in [3.8, 4) is 0 Å². The summed E-state index contributed by atoms with van der Waals surface area (Å²) in [5.74, 6) is 0. The smallest absolute Gasteiger partial charge is 0.0289 e. The number of halogens is 2. The van der Waals surface area contributed by atoms with E-state index in [4.69, 9.17) is 0 Å². The molecule has 0 bridgehead atoms. The van der Waals surface area contributed by atoms with Crippen molar-refractivity contribution in [1.82, 2.24) is 5.32 Å². The van der Waals surface area contributed by atoms with Gasteiger partial charge in [-0.2, -0.15) is 0 Å². The summed E-state index contributed by atoms with van der Waals surface area (Å²) in [4.78, 5) is 0. The molecule has 0 heterocycles. The molecular weight excluding hydrogens is 237 g/mol. The van der Waals surface area contributed by atoms with Gasteiger partial charge in [0.1, 0.15) is 0 Å². The maximum absolute atomic E-state index is 3.43. The Morgan fingerprint density at radius 1 is 1.42 bits per heavy atom. The molecule has 12 heavy (non-hydrogen) atoms. The average Bonchev–Trinajstić information content (AvgIpc) is 2.03. The van der Waals surface area contributed by atoms with Crippen LogP contribution in [0.15, 0.2) is 28.7 Å². The Labute approximate surface area is 88.1 Å². The van der Waals surface area contributed by atoms with Crippen LogP contribution in [-0.2, 0) is 0 Å². The molecule has 0 spiro atoms. The average molecular weight is 251 g/mol. The van der Waals surface area contributed by atoms with E-state index in [1.54, 1.807) is 0 Å². The summed E-state index contributed by atoms with van der Waals surface area (Å²) in [5.41, 5.74) is 1.31. The summed E-state index contributed by atoms with van der Waals surface area (Å²) in [6, 6.07) is 8.75. The fourth-order valence-corrected chi connectivity index (χ4v) is 1.36. The summed E-state index contributed by atoms with van der Waals surface area (Å²) < 4.78 is 1.14. The zero-order valence-corrected chi connectivity index (χ0v) is 9.58. The Kier molecular flexibility index (Phi) is 5.55. The van der Waals surface area contributed by atoms with Crippen molar-refractivity contribution in [3.05, 3.63) is 34.3 Å². The van der Waals surface area contributed by atoms with Gasteiger partial charge in [-0.1, -0.05) is 28.1 Å². The van der Waals surface area contributed by atoms with Gasteiger partial charge in [-0.05, 0) is 31.7 Å². The molecule has 0 aliphatic rings. The molecule has 0 saturated heterocycles. The molecule has 0 saturated carbocycles. The van der Waals surface area contributed by atoms with Crippen molar-refractivity contribution in [3.63, 3.8) is 0 Å². The standard InChI is InChI=1S/C9H12BrN.ClH/c1-7(11-2)8-4-3-5-9(10)6-8;/h3-7,11H,1-2H3;1H. The van der Waals surface area contributed by atoms with Crippen LogP contribution in [0.2, 0.25) is 0 Å². The van der Waals surface area contributed by atoms with Crippen LogP contribution >= 0.6 is 28.3 Å². The number of rotatable bonds is 2. The first-order chi connectivity index (χ1) is 5.24. The maximum atomic E-state index is 3.43. The van der Waals surface area contributed by atoms with Crippen LogP contribution in [0, 0.1) is 0 Å². The van der Waals surface area contributed by atoms with Gasteiger partial charge in [0, 0.05) is 10.5 Å². The lowest BCUT2D eigenvalue weighted by Gasteiger charge is -2.09. The predicted octanol–water partition coefficient (Wildman–Crippen LogP) is 3.15. The molecule has 1 aromatic carbocycles. The molecule has 1 rings (SSSR count). The molecule has 0 radical (unpaired) electrons. The van der Waals surface area contributed by atoms with Crippen molar-refractivity contribution < 1.29 is 0 Å². The maximum Gasteiger partial charge on any atom is 0.0289 e. The number of hydrogen-bond donors (Lipinski definition) is 1. The summed E-state index contributed by atoms with van der Waals surface area (Å²) >= 11 is 3.43. The van der Waals surface area contributed by atoms with Gasteiger partial charge in [0.25, 0.3) is 0 Å². The molecular formula is C9H13BrClN. The van der Waals surface area contributed by atoms with Crippen molar-refractivity contribution in [2.45, 2.75) is 13.0 Å². The van der Waals surface area contributed by atoms with Crippen molar-refractivity contribution >= 4 is 28.3 Å². The fourth-order valence-electron chi connectivity index (χ4n) is 0.943. The van der Waals surface area contributed by atoms with Gasteiger partial charge in [0.2, 0.25) is 0 Å². The Morgan fingerprint density at radius 2 is 2.08 bits per heavy atom. The number of nitrogens with one attached hydrogen (secondary N) is 1. The summed E-state index contributed by atoms with van der Waals surface area (Å²) in [5, 5.41) is 3.19. The van der Waals surface area contributed by atoms with Gasteiger partial charge in [0.15, 0.2) is 0 Å². The van der Waals surface area contributed by atoms with E-state index in [0.717, 1.165) is 4.47 Å². The highest BCUT2D eigenvalue weighted by Gasteiger charge is 2.00. The minimum Gasteiger partial charge on any atom is -0.313 e. The molecule has 0 amide bonds. The van der Waals surface area contributed by atoms with E-state index < -0.39 is 0 Å². The quantitative estimate of drug-likeness (QED) is 0.850. The van der Waals surface area contributed by atoms with Crippen LogP contribution in [0.25, 0.3) is 0 Å². The normalized spacial score (nSPS) is 11.9. The number of hydrogen-bond acceptors (Lipinski definition) is 1. The van der Waals surface area contributed by atoms with Crippen LogP contribution in [-0.4, -0.2) is 7.05 Å². The van der Waals surface area contributed by atoms with Gasteiger partial charge < -0.3 is 5.32 Å². The van der Waals surface area contributed by atoms with E-state index in [1.165, 1.54) is 5.56 Å². The Hall–Kier alpha value is -0.0500. The Bertz CT molecular complexity index is 240. The third-order valence-corrected chi connectivity index (χ3v) is 2.27. The summed E-state index contributed by atoms with van der Waals surface area (Å²) in [7, 11) is 1.96. The van der Waals surface area contributed by atoms with Gasteiger partial charge in [0.05, 0.1) is 0 Å². The first-order valence-corrected chi connectivity index (χ1v) is 4.46. The Morgan fingerprint density at radius 3 is 2.58 bits per heavy atom. The lowest BCUT2D eigenvalue weighted by Crippen LogP contribution is -2.11. The SMILES string of the molecule is CNC(C)c1cccc(Br)c1.Cl. The van der Waals surface area contributed by atoms with E-state index in [0.29, 0.717) is 6.04 Å². The largest absolute Gasteiger partial charge is 0.313 e. The first kappa shape index (κ1) is 11.9. The van der Waals surface area contributed by atoms with Gasteiger partial charge >= 0.3 is 0 Å². The third-order valence-electron chi connectivity index (χ3n) is 1.78. The molecule has 1 N–H and O–H groups in total. The monoisotopic (exact) mass is 249 g/mol. The highest BCUT2D eigenvalue weighted by Crippen LogP contribution is 2.16. The fraction of sp³-hybridized carbons (Fsp3) is 0.333. The lowest BCUT2D eigenvalue weighted by molar-refractivity contribution is 0.652. The second kappa shape index (κ2) is 5.57. The van der Waals surface area contributed by atoms with E-state index in [-0.39, 0.29) is 12.4 Å². The third kappa shape index (κ3) is 3.13. The van der Waals surface area contributed by atoms with Crippen LogP contribution in [0.1, 0.15) is 18.5 Å². The topological polar surface area (TPSA) is 12.0 Å². The molecule has 0 aliphatic carbocycles. The second-order valence-electron chi connectivity index (χ2n) is 2.57. The summed E-state index contributed by atoms with van der Waals surface area (Å²) in [6.07, 6.45) is 0.